The van der Waals surface area contributed by atoms with Gasteiger partial charge < -0.3 is 13.6 Å². The SMILES string of the molecule is CCO[SiH](CC1CCO1)OCC. The van der Waals surface area contributed by atoms with Gasteiger partial charge in [-0.05, 0) is 20.3 Å². The van der Waals surface area contributed by atoms with Gasteiger partial charge in [0.25, 0.3) is 0 Å². The molecule has 0 saturated carbocycles. The van der Waals surface area contributed by atoms with Crippen molar-refractivity contribution in [3.8, 4) is 0 Å². The first-order valence-electron chi connectivity index (χ1n) is 4.71. The summed E-state index contributed by atoms with van der Waals surface area (Å²) < 4.78 is 16.4. The molecule has 0 aromatic rings. The molecule has 12 heavy (non-hydrogen) atoms. The molecular weight excluding hydrogens is 172 g/mol. The molecule has 1 fully saturated rings. The van der Waals surface area contributed by atoms with Crippen LogP contribution in [0.25, 0.3) is 0 Å². The topological polar surface area (TPSA) is 27.7 Å². The molecule has 0 N–H and O–H groups in total. The summed E-state index contributed by atoms with van der Waals surface area (Å²) in [6.07, 6.45) is 1.61. The second kappa shape index (κ2) is 5.69. The molecule has 72 valence electrons. The number of hydrogen-bond acceptors (Lipinski definition) is 3. The highest BCUT2D eigenvalue weighted by Gasteiger charge is 2.25. The van der Waals surface area contributed by atoms with Gasteiger partial charge in [0.05, 0.1) is 6.10 Å². The van der Waals surface area contributed by atoms with E-state index in [2.05, 4.69) is 0 Å². The smallest absolute Gasteiger partial charge is 0.324 e. The standard InChI is InChI=1S/C8H18O3Si/c1-3-10-12(11-4-2)7-8-5-6-9-8/h8,12H,3-7H2,1-2H3. The van der Waals surface area contributed by atoms with Crippen LogP contribution in [0.5, 0.6) is 0 Å². The quantitative estimate of drug-likeness (QED) is 0.586. The van der Waals surface area contributed by atoms with E-state index in [0.717, 1.165) is 25.9 Å². The molecule has 0 aliphatic carbocycles. The third kappa shape index (κ3) is 3.22. The lowest BCUT2D eigenvalue weighted by molar-refractivity contribution is -0.0420. The van der Waals surface area contributed by atoms with Crippen LogP contribution in [0.1, 0.15) is 20.3 Å². The Kier molecular flexibility index (Phi) is 4.83. The summed E-state index contributed by atoms with van der Waals surface area (Å²) in [5.74, 6) is 0. The van der Waals surface area contributed by atoms with Gasteiger partial charge in [-0.1, -0.05) is 0 Å². The third-order valence-electron chi connectivity index (χ3n) is 1.95. The molecule has 1 aliphatic rings. The van der Waals surface area contributed by atoms with E-state index in [1.165, 1.54) is 6.42 Å². The molecule has 0 aromatic carbocycles. The molecule has 1 atom stereocenters. The number of hydrogen-bond donors (Lipinski definition) is 0. The fraction of sp³-hybridized carbons (Fsp3) is 1.00. The largest absolute Gasteiger partial charge is 0.397 e. The Morgan fingerprint density at radius 1 is 1.33 bits per heavy atom. The van der Waals surface area contributed by atoms with Crippen molar-refractivity contribution in [2.24, 2.45) is 0 Å². The van der Waals surface area contributed by atoms with Crippen molar-refractivity contribution in [1.29, 1.82) is 0 Å². The van der Waals surface area contributed by atoms with Crippen LogP contribution in [-0.2, 0) is 13.6 Å². The summed E-state index contributed by atoms with van der Waals surface area (Å²) in [6, 6.07) is 1.02. The minimum absolute atomic E-state index is 0.430. The zero-order valence-electron chi connectivity index (χ0n) is 7.91. The van der Waals surface area contributed by atoms with Crippen LogP contribution < -0.4 is 0 Å². The normalized spacial score (nSPS) is 22.8. The number of ether oxygens (including phenoxy) is 1. The van der Waals surface area contributed by atoms with Gasteiger partial charge in [0, 0.05) is 25.9 Å². The maximum absolute atomic E-state index is 5.53. The van der Waals surface area contributed by atoms with Gasteiger partial charge in [-0.3, -0.25) is 0 Å². The van der Waals surface area contributed by atoms with Crippen molar-refractivity contribution in [3.63, 3.8) is 0 Å². The summed E-state index contributed by atoms with van der Waals surface area (Å²) in [7, 11) is -1.38. The fourth-order valence-electron chi connectivity index (χ4n) is 1.24. The van der Waals surface area contributed by atoms with E-state index >= 15 is 0 Å². The highest BCUT2D eigenvalue weighted by Crippen LogP contribution is 2.17. The van der Waals surface area contributed by atoms with E-state index in [4.69, 9.17) is 13.6 Å². The molecule has 1 unspecified atom stereocenters. The first kappa shape index (κ1) is 10.2. The van der Waals surface area contributed by atoms with Crippen molar-refractivity contribution >= 4 is 9.28 Å². The molecule has 1 saturated heterocycles. The maximum Gasteiger partial charge on any atom is 0.324 e. The van der Waals surface area contributed by atoms with Crippen LogP contribution >= 0.6 is 0 Å². The van der Waals surface area contributed by atoms with Gasteiger partial charge in [-0.2, -0.15) is 0 Å². The summed E-state index contributed by atoms with van der Waals surface area (Å²) in [5, 5.41) is 0. The average Bonchev–Trinajstić information content (AvgIpc) is 1.97. The van der Waals surface area contributed by atoms with Crippen molar-refractivity contribution in [2.45, 2.75) is 32.4 Å². The Hall–Kier alpha value is 0.0969. The maximum atomic E-state index is 5.53. The fourth-order valence-corrected chi connectivity index (χ4v) is 3.15. The summed E-state index contributed by atoms with van der Waals surface area (Å²) in [4.78, 5) is 0. The molecule has 0 amide bonds. The van der Waals surface area contributed by atoms with Crippen LogP contribution in [0.15, 0.2) is 0 Å². The third-order valence-corrected chi connectivity index (χ3v) is 4.27. The second-order valence-electron chi connectivity index (χ2n) is 2.86. The zero-order chi connectivity index (χ0) is 8.81. The zero-order valence-corrected chi connectivity index (χ0v) is 9.07. The molecule has 3 nitrogen and oxygen atoms in total. The minimum atomic E-state index is -1.38. The first-order chi connectivity index (χ1) is 5.86. The van der Waals surface area contributed by atoms with Crippen molar-refractivity contribution < 1.29 is 13.6 Å². The lowest BCUT2D eigenvalue weighted by Crippen LogP contribution is -2.35. The van der Waals surface area contributed by atoms with Gasteiger partial charge in [0.2, 0.25) is 0 Å². The van der Waals surface area contributed by atoms with Crippen LogP contribution in [0.2, 0.25) is 6.04 Å². The molecule has 4 heteroatoms. The first-order valence-corrected chi connectivity index (χ1v) is 6.47. The molecule has 0 radical (unpaired) electrons. The summed E-state index contributed by atoms with van der Waals surface area (Å²) >= 11 is 0. The van der Waals surface area contributed by atoms with E-state index in [9.17, 15) is 0 Å². The van der Waals surface area contributed by atoms with Gasteiger partial charge in [-0.25, -0.2) is 0 Å². The highest BCUT2D eigenvalue weighted by molar-refractivity contribution is 6.44. The highest BCUT2D eigenvalue weighted by atomic mass is 28.3. The van der Waals surface area contributed by atoms with Crippen LogP contribution in [0.3, 0.4) is 0 Å². The van der Waals surface area contributed by atoms with Crippen molar-refractivity contribution in [2.75, 3.05) is 19.8 Å². The summed E-state index contributed by atoms with van der Waals surface area (Å²) in [5.41, 5.74) is 0. The Balaban J connectivity index is 2.11. The van der Waals surface area contributed by atoms with Gasteiger partial charge in [-0.15, -0.1) is 0 Å². The van der Waals surface area contributed by atoms with E-state index in [1.807, 2.05) is 13.8 Å². The van der Waals surface area contributed by atoms with E-state index in [-0.39, 0.29) is 0 Å². The minimum Gasteiger partial charge on any atom is -0.397 e. The van der Waals surface area contributed by atoms with Crippen LogP contribution in [-0.4, -0.2) is 35.2 Å². The Labute approximate surface area is 75.9 Å². The molecule has 1 rings (SSSR count). The average molecular weight is 190 g/mol. The number of rotatable bonds is 6. The molecular formula is C8H18O3Si. The predicted molar refractivity (Wildman–Crippen MR) is 49.6 cm³/mol. The van der Waals surface area contributed by atoms with Gasteiger partial charge >= 0.3 is 9.28 Å². The Morgan fingerprint density at radius 3 is 2.25 bits per heavy atom. The van der Waals surface area contributed by atoms with E-state index < -0.39 is 9.28 Å². The van der Waals surface area contributed by atoms with E-state index in [1.54, 1.807) is 0 Å². The van der Waals surface area contributed by atoms with E-state index in [0.29, 0.717) is 6.10 Å². The Morgan fingerprint density at radius 2 is 1.92 bits per heavy atom. The van der Waals surface area contributed by atoms with Crippen LogP contribution in [0.4, 0.5) is 0 Å². The van der Waals surface area contributed by atoms with Gasteiger partial charge in [0.15, 0.2) is 0 Å². The molecule has 1 heterocycles. The monoisotopic (exact) mass is 190 g/mol. The molecule has 0 aromatic heterocycles. The Bertz CT molecular complexity index is 111. The second-order valence-corrected chi connectivity index (χ2v) is 4.85. The van der Waals surface area contributed by atoms with Crippen LogP contribution in [0, 0.1) is 0 Å². The lowest BCUT2D eigenvalue weighted by Gasteiger charge is -2.28. The van der Waals surface area contributed by atoms with Crippen molar-refractivity contribution in [3.05, 3.63) is 0 Å². The molecule has 1 aliphatic heterocycles. The van der Waals surface area contributed by atoms with Crippen molar-refractivity contribution in [1.82, 2.24) is 0 Å². The molecule has 0 bridgehead atoms. The summed E-state index contributed by atoms with van der Waals surface area (Å²) in [6.45, 7) is 6.48. The molecule has 0 spiro atoms. The lowest BCUT2D eigenvalue weighted by atomic mass is 10.2. The van der Waals surface area contributed by atoms with Gasteiger partial charge in [0.1, 0.15) is 0 Å². The predicted octanol–water partition coefficient (Wildman–Crippen LogP) is 1.07.